The smallest absolute Gasteiger partial charge is 0.345 e. The molecule has 13 nitrogen and oxygen atoms in total. The van der Waals surface area contributed by atoms with Crippen molar-refractivity contribution in [3.8, 4) is 11.4 Å². The maximum Gasteiger partial charge on any atom is 0.345 e. The molecule has 172 valence electrons. The zero-order valence-corrected chi connectivity index (χ0v) is 17.7. The molecule has 0 aliphatic rings. The predicted octanol–water partition coefficient (Wildman–Crippen LogP) is 2.30. The Morgan fingerprint density at radius 1 is 1.03 bits per heavy atom. The molecule has 0 saturated carbocycles. The molecule has 32 heavy (non-hydrogen) atoms. The summed E-state index contributed by atoms with van der Waals surface area (Å²) in [7, 11) is 0. The van der Waals surface area contributed by atoms with Gasteiger partial charge in [-0.1, -0.05) is 0 Å². The minimum atomic E-state index is -0.908. The van der Waals surface area contributed by atoms with E-state index in [0.29, 0.717) is 0 Å². The lowest BCUT2D eigenvalue weighted by Crippen LogP contribution is -2.35. The molecule has 0 radical (unpaired) electrons. The third-order valence-electron chi connectivity index (χ3n) is 4.16. The van der Waals surface area contributed by atoms with Crippen LogP contribution >= 0.6 is 0 Å². The predicted molar refractivity (Wildman–Crippen MR) is 110 cm³/mol. The molecule has 13 heteroatoms. The molecule has 0 spiro atoms. The van der Waals surface area contributed by atoms with E-state index in [1.54, 1.807) is 20.8 Å². The van der Waals surface area contributed by atoms with Crippen LogP contribution in [0.5, 0.6) is 0 Å². The molecule has 0 fully saturated rings. The first-order chi connectivity index (χ1) is 15.2. The zero-order valence-electron chi connectivity index (χ0n) is 17.7. The van der Waals surface area contributed by atoms with Gasteiger partial charge >= 0.3 is 5.97 Å². The lowest BCUT2D eigenvalue weighted by molar-refractivity contribution is -0.394. The Hall–Kier alpha value is -3.71. The number of hydrogen-bond acceptors (Lipinski definition) is 10. The highest BCUT2D eigenvalue weighted by atomic mass is 16.7. The molecule has 0 saturated heterocycles. The van der Waals surface area contributed by atoms with Gasteiger partial charge in [-0.25, -0.2) is 9.78 Å². The summed E-state index contributed by atoms with van der Waals surface area (Å²) >= 11 is 0. The van der Waals surface area contributed by atoms with Gasteiger partial charge in [-0.15, -0.1) is 0 Å². The first kappa shape index (κ1) is 24.6. The fraction of sp³-hybridized carbons (Fsp3) is 0.421. The van der Waals surface area contributed by atoms with Crippen LogP contribution in [0.1, 0.15) is 31.1 Å². The summed E-state index contributed by atoms with van der Waals surface area (Å²) in [6, 6.07) is 2.89. The van der Waals surface area contributed by atoms with Crippen molar-refractivity contribution in [3.63, 3.8) is 0 Å². The van der Waals surface area contributed by atoms with E-state index in [9.17, 15) is 29.8 Å². The van der Waals surface area contributed by atoms with E-state index in [4.69, 9.17) is 14.2 Å². The lowest BCUT2D eigenvalue weighted by atomic mass is 10.1. The lowest BCUT2D eigenvalue weighted by Gasteiger charge is -2.20. The first-order valence-corrected chi connectivity index (χ1v) is 9.67. The summed E-state index contributed by atoms with van der Waals surface area (Å²) in [5.41, 5.74) is -2.37. The normalized spacial score (nSPS) is 10.9. The third-order valence-corrected chi connectivity index (χ3v) is 4.16. The summed E-state index contributed by atoms with van der Waals surface area (Å²) in [4.78, 5) is 50.3. The Balaban J connectivity index is 2.75. The summed E-state index contributed by atoms with van der Waals surface area (Å²) < 4.78 is 16.8. The molecule has 0 unspecified atom stereocenters. The number of carbonyl (C=O) groups excluding carboxylic acids is 1. The molecular weight excluding hydrogens is 428 g/mol. The van der Waals surface area contributed by atoms with Crippen LogP contribution in [0, 0.1) is 20.2 Å². The van der Waals surface area contributed by atoms with Gasteiger partial charge in [-0.3, -0.25) is 29.6 Å². The number of carbonyl (C=O) groups is 1. The Labute approximate surface area is 181 Å². The van der Waals surface area contributed by atoms with Gasteiger partial charge in [-0.05, 0) is 20.8 Å². The van der Waals surface area contributed by atoms with Crippen LogP contribution in [0.15, 0.2) is 29.2 Å². The molecule has 2 aromatic rings. The zero-order chi connectivity index (χ0) is 23.8. The van der Waals surface area contributed by atoms with Gasteiger partial charge in [0.2, 0.25) is 0 Å². The van der Waals surface area contributed by atoms with Crippen LogP contribution in [-0.2, 0) is 20.8 Å². The quantitative estimate of drug-likeness (QED) is 0.214. The van der Waals surface area contributed by atoms with Gasteiger partial charge in [0.15, 0.2) is 6.29 Å². The third kappa shape index (κ3) is 5.70. The van der Waals surface area contributed by atoms with E-state index in [2.05, 4.69) is 4.98 Å². The number of nitro groups is 2. The maximum atomic E-state index is 13.1. The van der Waals surface area contributed by atoms with Gasteiger partial charge in [-0.2, -0.15) is 0 Å². The van der Waals surface area contributed by atoms with Crippen molar-refractivity contribution >= 4 is 17.3 Å². The Morgan fingerprint density at radius 2 is 1.59 bits per heavy atom. The van der Waals surface area contributed by atoms with Crippen molar-refractivity contribution in [1.82, 2.24) is 9.55 Å². The van der Waals surface area contributed by atoms with Crippen molar-refractivity contribution in [2.75, 3.05) is 19.8 Å². The minimum absolute atomic E-state index is 0.0254. The summed E-state index contributed by atoms with van der Waals surface area (Å²) in [6.45, 7) is 5.30. The van der Waals surface area contributed by atoms with Gasteiger partial charge in [0.05, 0.1) is 29.1 Å². The highest BCUT2D eigenvalue weighted by Gasteiger charge is 2.24. The summed E-state index contributed by atoms with van der Waals surface area (Å²) in [6.07, 6.45) is 0.0575. The van der Waals surface area contributed by atoms with Gasteiger partial charge in [0.25, 0.3) is 16.9 Å². The molecule has 0 atom stereocenters. The number of ether oxygens (including phenoxy) is 3. The Bertz CT molecular complexity index is 1030. The number of hydrogen-bond donors (Lipinski definition) is 0. The molecule has 0 amide bonds. The summed E-state index contributed by atoms with van der Waals surface area (Å²) in [5.74, 6) is -1.04. The highest BCUT2D eigenvalue weighted by Crippen LogP contribution is 2.28. The standard InChI is InChI=1S/C19H22N4O9/c1-4-30-16(31-5-2)11-21-17(20-10-15(18(21)24)19(25)32-6-3)12-7-13(22(26)27)9-14(8-12)23(28)29/h7-10,16H,4-6,11H2,1-3H3. The SMILES string of the molecule is CCOC(=O)c1cnc(-c2cc([N+](=O)[O-])cc([N+](=O)[O-])c2)n(CC(OCC)OCC)c1=O. The van der Waals surface area contributed by atoms with Crippen molar-refractivity contribution in [3.05, 3.63) is 60.5 Å². The fourth-order valence-electron chi connectivity index (χ4n) is 2.85. The number of nitro benzene ring substituents is 2. The second kappa shape index (κ2) is 11.1. The first-order valence-electron chi connectivity index (χ1n) is 9.67. The number of benzene rings is 1. The number of non-ortho nitro benzene ring substituents is 2. The minimum Gasteiger partial charge on any atom is -0.462 e. The van der Waals surface area contributed by atoms with Gasteiger partial charge in [0, 0.05) is 37.1 Å². The van der Waals surface area contributed by atoms with Crippen LogP contribution in [0.2, 0.25) is 0 Å². The maximum absolute atomic E-state index is 13.1. The van der Waals surface area contributed by atoms with E-state index in [0.717, 1.165) is 29.0 Å². The highest BCUT2D eigenvalue weighted by molar-refractivity contribution is 5.88. The van der Waals surface area contributed by atoms with Crippen molar-refractivity contribution in [2.24, 2.45) is 0 Å². The molecule has 0 aliphatic carbocycles. The second-order valence-electron chi connectivity index (χ2n) is 6.22. The Kier molecular flexibility index (Phi) is 8.49. The van der Waals surface area contributed by atoms with E-state index < -0.39 is 39.0 Å². The molecule has 2 rings (SSSR count). The molecule has 0 bridgehead atoms. The van der Waals surface area contributed by atoms with Crippen LogP contribution in [0.3, 0.4) is 0 Å². The van der Waals surface area contributed by atoms with Crippen molar-refractivity contribution in [2.45, 2.75) is 33.6 Å². The molecule has 1 aromatic carbocycles. The summed E-state index contributed by atoms with van der Waals surface area (Å²) in [5, 5.41) is 22.5. The van der Waals surface area contributed by atoms with Gasteiger partial charge in [0.1, 0.15) is 11.4 Å². The van der Waals surface area contributed by atoms with E-state index in [1.165, 1.54) is 0 Å². The molecule has 0 N–H and O–H groups in total. The van der Waals surface area contributed by atoms with E-state index in [-0.39, 0.29) is 43.3 Å². The monoisotopic (exact) mass is 450 g/mol. The van der Waals surface area contributed by atoms with Crippen molar-refractivity contribution in [1.29, 1.82) is 0 Å². The van der Waals surface area contributed by atoms with Crippen LogP contribution in [0.25, 0.3) is 11.4 Å². The Morgan fingerprint density at radius 3 is 2.06 bits per heavy atom. The average molecular weight is 450 g/mol. The number of esters is 1. The molecule has 1 heterocycles. The fourth-order valence-corrected chi connectivity index (χ4v) is 2.85. The van der Waals surface area contributed by atoms with Crippen LogP contribution < -0.4 is 5.56 Å². The van der Waals surface area contributed by atoms with Gasteiger partial charge < -0.3 is 14.2 Å². The van der Waals surface area contributed by atoms with Crippen molar-refractivity contribution < 1.29 is 28.9 Å². The number of nitrogens with zero attached hydrogens (tertiary/aromatic N) is 4. The van der Waals surface area contributed by atoms with E-state index >= 15 is 0 Å². The topological polar surface area (TPSA) is 166 Å². The largest absolute Gasteiger partial charge is 0.462 e. The van der Waals surface area contributed by atoms with Crippen LogP contribution in [0.4, 0.5) is 11.4 Å². The number of rotatable bonds is 11. The molecular formula is C19H22N4O9. The average Bonchev–Trinajstić information content (AvgIpc) is 2.75. The molecule has 1 aromatic heterocycles. The second-order valence-corrected chi connectivity index (χ2v) is 6.22. The van der Waals surface area contributed by atoms with E-state index in [1.807, 2.05) is 0 Å². The van der Waals surface area contributed by atoms with Crippen LogP contribution in [-0.4, -0.2) is 51.5 Å². The molecule has 0 aliphatic heterocycles. The number of aromatic nitrogens is 2.